The molecule has 0 heterocycles. The summed E-state index contributed by atoms with van der Waals surface area (Å²) in [7, 11) is 0. The highest BCUT2D eigenvalue weighted by Crippen LogP contribution is 2.21. The van der Waals surface area contributed by atoms with Gasteiger partial charge < -0.3 is 20.7 Å². The number of rotatable bonds is 6. The summed E-state index contributed by atoms with van der Waals surface area (Å²) < 4.78 is 18.9. The van der Waals surface area contributed by atoms with E-state index in [4.69, 9.17) is 10.5 Å². The van der Waals surface area contributed by atoms with Gasteiger partial charge in [0, 0.05) is 5.56 Å². The van der Waals surface area contributed by atoms with Crippen LogP contribution in [0.2, 0.25) is 0 Å². The molecule has 0 spiro atoms. The van der Waals surface area contributed by atoms with Gasteiger partial charge >= 0.3 is 0 Å². The molecule has 116 valence electrons. The summed E-state index contributed by atoms with van der Waals surface area (Å²) in [5.74, 6) is -0.890. The van der Waals surface area contributed by atoms with Crippen LogP contribution in [-0.4, -0.2) is 22.2 Å². The van der Waals surface area contributed by atoms with Gasteiger partial charge in [0.05, 0.1) is 0 Å². The number of amides is 1. The third kappa shape index (κ3) is 3.81. The molecule has 1 amide bonds. The largest absolute Gasteiger partial charge is 0.489 e. The number of primary amides is 1. The van der Waals surface area contributed by atoms with Crippen molar-refractivity contribution in [2.75, 3.05) is 0 Å². The van der Waals surface area contributed by atoms with E-state index in [1.54, 1.807) is 30.3 Å². The number of carbonyl (C=O) groups excluding carboxylic acids is 1. The normalized spacial score (nSPS) is 13.4. The molecule has 2 atom stereocenters. The lowest BCUT2D eigenvalue weighted by atomic mass is 10.0. The van der Waals surface area contributed by atoms with Crippen LogP contribution in [0.5, 0.6) is 5.75 Å². The zero-order chi connectivity index (χ0) is 16.1. The average molecular weight is 305 g/mol. The Kier molecular flexibility index (Phi) is 5.08. The van der Waals surface area contributed by atoms with E-state index in [0.717, 1.165) is 0 Å². The van der Waals surface area contributed by atoms with Gasteiger partial charge in [-0.3, -0.25) is 4.79 Å². The number of aliphatic hydroxyl groups is 2. The van der Waals surface area contributed by atoms with Crippen molar-refractivity contribution >= 4 is 5.91 Å². The minimum absolute atomic E-state index is 0.0679. The van der Waals surface area contributed by atoms with E-state index in [1.165, 1.54) is 18.2 Å². The average Bonchev–Trinajstić information content (AvgIpc) is 2.53. The first-order valence-corrected chi connectivity index (χ1v) is 6.60. The molecule has 0 aliphatic rings. The Labute approximate surface area is 126 Å². The number of halogens is 1. The van der Waals surface area contributed by atoms with Gasteiger partial charge in [0.25, 0.3) is 0 Å². The number of carbonyl (C=O) groups is 1. The maximum atomic E-state index is 13.4. The minimum atomic E-state index is -1.68. The highest BCUT2D eigenvalue weighted by molar-refractivity contribution is 5.79. The number of benzene rings is 2. The van der Waals surface area contributed by atoms with Gasteiger partial charge in [0.15, 0.2) is 6.10 Å². The zero-order valence-corrected chi connectivity index (χ0v) is 11.6. The fourth-order valence-electron chi connectivity index (χ4n) is 1.88. The van der Waals surface area contributed by atoms with E-state index in [9.17, 15) is 19.4 Å². The lowest BCUT2D eigenvalue weighted by Gasteiger charge is -2.15. The minimum Gasteiger partial charge on any atom is -0.489 e. The summed E-state index contributed by atoms with van der Waals surface area (Å²) in [4.78, 5) is 10.8. The summed E-state index contributed by atoms with van der Waals surface area (Å²) >= 11 is 0. The number of nitrogens with two attached hydrogens (primary N) is 1. The molecule has 0 saturated heterocycles. The Bertz CT molecular complexity index is 645. The summed E-state index contributed by atoms with van der Waals surface area (Å²) in [6.45, 7) is 0.0679. The topological polar surface area (TPSA) is 92.8 Å². The van der Waals surface area contributed by atoms with Crippen LogP contribution in [0.25, 0.3) is 0 Å². The third-order valence-electron chi connectivity index (χ3n) is 3.16. The van der Waals surface area contributed by atoms with Crippen molar-refractivity contribution in [2.24, 2.45) is 5.73 Å². The van der Waals surface area contributed by atoms with Gasteiger partial charge in [0.2, 0.25) is 5.91 Å². The SMILES string of the molecule is NC(=O)C(O)C(O)c1ccc(OCc2ccccc2F)cc1. The van der Waals surface area contributed by atoms with Gasteiger partial charge in [0.1, 0.15) is 24.3 Å². The van der Waals surface area contributed by atoms with E-state index in [1.807, 2.05) is 0 Å². The van der Waals surface area contributed by atoms with Crippen LogP contribution in [0.15, 0.2) is 48.5 Å². The van der Waals surface area contributed by atoms with Crippen molar-refractivity contribution in [1.29, 1.82) is 0 Å². The molecule has 4 N–H and O–H groups in total. The molecular weight excluding hydrogens is 289 g/mol. The molecule has 2 aromatic carbocycles. The molecule has 2 aromatic rings. The Morgan fingerprint density at radius 1 is 1.14 bits per heavy atom. The van der Waals surface area contributed by atoms with Crippen molar-refractivity contribution in [1.82, 2.24) is 0 Å². The monoisotopic (exact) mass is 305 g/mol. The second-order valence-corrected chi connectivity index (χ2v) is 4.74. The zero-order valence-electron chi connectivity index (χ0n) is 11.6. The van der Waals surface area contributed by atoms with Crippen LogP contribution < -0.4 is 10.5 Å². The van der Waals surface area contributed by atoms with Crippen molar-refractivity contribution in [3.63, 3.8) is 0 Å². The second kappa shape index (κ2) is 7.02. The first kappa shape index (κ1) is 15.9. The van der Waals surface area contributed by atoms with Crippen LogP contribution >= 0.6 is 0 Å². The first-order valence-electron chi connectivity index (χ1n) is 6.60. The van der Waals surface area contributed by atoms with Crippen molar-refractivity contribution in [2.45, 2.75) is 18.8 Å². The quantitative estimate of drug-likeness (QED) is 0.749. The van der Waals surface area contributed by atoms with Gasteiger partial charge in [-0.1, -0.05) is 30.3 Å². The molecular formula is C16H16FNO4. The predicted molar refractivity (Wildman–Crippen MR) is 77.3 cm³/mol. The van der Waals surface area contributed by atoms with Crippen molar-refractivity contribution < 1.29 is 24.1 Å². The maximum Gasteiger partial charge on any atom is 0.249 e. The molecule has 0 aromatic heterocycles. The summed E-state index contributed by atoms with van der Waals surface area (Å²) in [6.07, 6.45) is -3.08. The highest BCUT2D eigenvalue weighted by atomic mass is 19.1. The molecule has 0 bridgehead atoms. The molecule has 6 heteroatoms. The van der Waals surface area contributed by atoms with Gasteiger partial charge in [-0.05, 0) is 23.8 Å². The summed E-state index contributed by atoms with van der Waals surface area (Å²) in [6, 6.07) is 12.4. The van der Waals surface area contributed by atoms with E-state index in [0.29, 0.717) is 16.9 Å². The summed E-state index contributed by atoms with van der Waals surface area (Å²) in [5.41, 5.74) is 5.67. The van der Waals surface area contributed by atoms with E-state index in [2.05, 4.69) is 0 Å². The Morgan fingerprint density at radius 3 is 2.36 bits per heavy atom. The van der Waals surface area contributed by atoms with E-state index < -0.39 is 18.1 Å². The predicted octanol–water partition coefficient (Wildman–Crippen LogP) is 1.28. The smallest absolute Gasteiger partial charge is 0.249 e. The molecule has 22 heavy (non-hydrogen) atoms. The van der Waals surface area contributed by atoms with Crippen LogP contribution in [0, 0.1) is 5.82 Å². The molecule has 0 aliphatic heterocycles. The second-order valence-electron chi connectivity index (χ2n) is 4.74. The highest BCUT2D eigenvalue weighted by Gasteiger charge is 2.23. The standard InChI is InChI=1S/C16H16FNO4/c17-13-4-2-1-3-11(13)9-22-12-7-5-10(6-8-12)14(19)15(20)16(18)21/h1-8,14-15,19-20H,9H2,(H2,18,21). The number of ether oxygens (including phenoxy) is 1. The third-order valence-corrected chi connectivity index (χ3v) is 3.16. The molecule has 0 fully saturated rings. The van der Waals surface area contributed by atoms with Gasteiger partial charge in [-0.25, -0.2) is 4.39 Å². The number of hydrogen-bond donors (Lipinski definition) is 3. The Morgan fingerprint density at radius 2 is 1.77 bits per heavy atom. The van der Waals surface area contributed by atoms with Crippen LogP contribution in [0.4, 0.5) is 4.39 Å². The molecule has 2 rings (SSSR count). The number of aliphatic hydroxyl groups excluding tert-OH is 2. The van der Waals surface area contributed by atoms with Crippen molar-refractivity contribution in [3.8, 4) is 5.75 Å². The molecule has 2 unspecified atom stereocenters. The fraction of sp³-hybridized carbons (Fsp3) is 0.188. The first-order chi connectivity index (χ1) is 10.5. The Hall–Kier alpha value is -2.44. The molecule has 0 aliphatic carbocycles. The van der Waals surface area contributed by atoms with Crippen LogP contribution in [0.3, 0.4) is 0 Å². The lowest BCUT2D eigenvalue weighted by molar-refractivity contribution is -0.131. The Balaban J connectivity index is 2.00. The molecule has 0 saturated carbocycles. The lowest BCUT2D eigenvalue weighted by Crippen LogP contribution is -2.33. The van der Waals surface area contributed by atoms with E-state index in [-0.39, 0.29) is 12.4 Å². The maximum absolute atomic E-state index is 13.4. The molecule has 5 nitrogen and oxygen atoms in total. The van der Waals surface area contributed by atoms with Crippen LogP contribution in [0.1, 0.15) is 17.2 Å². The fourth-order valence-corrected chi connectivity index (χ4v) is 1.88. The molecule has 0 radical (unpaired) electrons. The number of hydrogen-bond acceptors (Lipinski definition) is 4. The summed E-state index contributed by atoms with van der Waals surface area (Å²) in [5, 5.41) is 19.2. The van der Waals surface area contributed by atoms with Crippen LogP contribution in [-0.2, 0) is 11.4 Å². The van der Waals surface area contributed by atoms with Gasteiger partial charge in [-0.15, -0.1) is 0 Å². The van der Waals surface area contributed by atoms with E-state index >= 15 is 0 Å². The van der Waals surface area contributed by atoms with Gasteiger partial charge in [-0.2, -0.15) is 0 Å². The van der Waals surface area contributed by atoms with Crippen molar-refractivity contribution in [3.05, 3.63) is 65.5 Å².